The average Bonchev–Trinajstić information content (AvgIpc) is 2.94. The Bertz CT molecular complexity index is 1130. The maximum atomic E-state index is 14.9. The van der Waals surface area contributed by atoms with E-state index in [4.69, 9.17) is 33.8 Å². The van der Waals surface area contributed by atoms with Crippen LogP contribution in [0.5, 0.6) is 5.75 Å². The minimum absolute atomic E-state index is 0.0337. The van der Waals surface area contributed by atoms with Crippen LogP contribution in [0.4, 0.5) is 15.8 Å². The molecule has 2 aromatic rings. The predicted octanol–water partition coefficient (Wildman–Crippen LogP) is 3.78. The standard InChI is InChI=1S/C22H20ClFN4O3S/c1-22(2)20(30)27(16-9-4-13(12-25)18(23)19(16)24)21(32)28(22)14-5-7-15(8-6-14)31-11-10-17(29)26-3/h4-9H,10-11H2,1-3H3,(H,26,29). The van der Waals surface area contributed by atoms with Crippen molar-refractivity contribution in [2.75, 3.05) is 23.5 Å². The number of nitrogens with one attached hydrogen (secondary N) is 1. The zero-order valence-corrected chi connectivity index (χ0v) is 19.2. The molecule has 7 nitrogen and oxygen atoms in total. The minimum atomic E-state index is -1.11. The van der Waals surface area contributed by atoms with Crippen LogP contribution in [-0.4, -0.2) is 36.1 Å². The van der Waals surface area contributed by atoms with Gasteiger partial charge in [-0.15, -0.1) is 0 Å². The smallest absolute Gasteiger partial charge is 0.259 e. The molecule has 1 heterocycles. The van der Waals surface area contributed by atoms with E-state index in [9.17, 15) is 14.0 Å². The van der Waals surface area contributed by atoms with Gasteiger partial charge in [0.2, 0.25) is 5.91 Å². The summed E-state index contributed by atoms with van der Waals surface area (Å²) in [6.07, 6.45) is 0.226. The van der Waals surface area contributed by atoms with E-state index < -0.39 is 17.3 Å². The number of hydrogen-bond acceptors (Lipinski definition) is 5. The van der Waals surface area contributed by atoms with Crippen molar-refractivity contribution in [1.29, 1.82) is 5.26 Å². The molecule has 1 saturated heterocycles. The number of rotatable bonds is 6. The number of benzene rings is 2. The molecule has 1 aliphatic heterocycles. The van der Waals surface area contributed by atoms with Crippen molar-refractivity contribution >= 4 is 52.1 Å². The lowest BCUT2D eigenvalue weighted by atomic mass is 10.0. The first-order valence-electron chi connectivity index (χ1n) is 9.63. The number of carbonyl (C=O) groups excluding carboxylic acids is 2. The highest BCUT2D eigenvalue weighted by atomic mass is 35.5. The van der Waals surface area contributed by atoms with Crippen molar-refractivity contribution in [3.63, 3.8) is 0 Å². The van der Waals surface area contributed by atoms with Crippen LogP contribution in [0, 0.1) is 17.1 Å². The topological polar surface area (TPSA) is 85.7 Å². The third-order valence-corrected chi connectivity index (χ3v) is 5.80. The van der Waals surface area contributed by atoms with Crippen LogP contribution >= 0.6 is 23.8 Å². The largest absolute Gasteiger partial charge is 0.493 e. The van der Waals surface area contributed by atoms with E-state index in [0.717, 1.165) is 4.90 Å². The lowest BCUT2D eigenvalue weighted by Gasteiger charge is -2.29. The summed E-state index contributed by atoms with van der Waals surface area (Å²) in [5, 5.41) is 11.3. The van der Waals surface area contributed by atoms with Crippen LogP contribution in [0.2, 0.25) is 5.02 Å². The summed E-state index contributed by atoms with van der Waals surface area (Å²) in [5.74, 6) is -0.903. The summed E-state index contributed by atoms with van der Waals surface area (Å²) in [6, 6.07) is 11.3. The van der Waals surface area contributed by atoms with Crippen molar-refractivity contribution in [2.24, 2.45) is 0 Å². The van der Waals surface area contributed by atoms with Crippen LogP contribution in [0.1, 0.15) is 25.8 Å². The molecule has 0 atom stereocenters. The van der Waals surface area contributed by atoms with Gasteiger partial charge in [-0.25, -0.2) is 4.39 Å². The molecule has 1 fully saturated rings. The third kappa shape index (κ3) is 4.11. The van der Waals surface area contributed by atoms with Crippen LogP contribution in [0.3, 0.4) is 0 Å². The number of nitrogens with zero attached hydrogens (tertiary/aromatic N) is 3. The molecule has 0 saturated carbocycles. The van der Waals surface area contributed by atoms with Crippen molar-refractivity contribution < 1.29 is 18.7 Å². The molecule has 0 aromatic heterocycles. The number of halogens is 2. The molecule has 166 valence electrons. The van der Waals surface area contributed by atoms with Gasteiger partial charge in [0.1, 0.15) is 17.4 Å². The van der Waals surface area contributed by atoms with E-state index in [-0.39, 0.29) is 40.3 Å². The lowest BCUT2D eigenvalue weighted by Crippen LogP contribution is -2.44. The van der Waals surface area contributed by atoms with E-state index in [1.165, 1.54) is 12.1 Å². The van der Waals surface area contributed by atoms with Gasteiger partial charge in [0, 0.05) is 12.7 Å². The maximum Gasteiger partial charge on any atom is 0.259 e. The zero-order valence-electron chi connectivity index (χ0n) is 17.6. The van der Waals surface area contributed by atoms with Gasteiger partial charge in [-0.3, -0.25) is 14.5 Å². The molecule has 2 aromatic carbocycles. The van der Waals surface area contributed by atoms with Crippen molar-refractivity contribution in [1.82, 2.24) is 5.32 Å². The van der Waals surface area contributed by atoms with Gasteiger partial charge < -0.3 is 15.0 Å². The summed E-state index contributed by atoms with van der Waals surface area (Å²) in [5.41, 5.74) is -0.650. The first-order chi connectivity index (χ1) is 15.1. The SMILES string of the molecule is CNC(=O)CCOc1ccc(N2C(=S)N(c3ccc(C#N)c(Cl)c3F)C(=O)C2(C)C)cc1. The molecule has 0 spiro atoms. The summed E-state index contributed by atoms with van der Waals surface area (Å²) in [7, 11) is 1.56. The maximum absolute atomic E-state index is 14.9. The molecule has 32 heavy (non-hydrogen) atoms. The number of hydrogen-bond donors (Lipinski definition) is 1. The Labute approximate surface area is 195 Å². The minimum Gasteiger partial charge on any atom is -0.493 e. The second-order valence-corrected chi connectivity index (χ2v) is 8.20. The van der Waals surface area contributed by atoms with Crippen molar-refractivity contribution in [2.45, 2.75) is 25.8 Å². The number of nitriles is 1. The Kier molecular flexibility index (Phi) is 6.67. The van der Waals surface area contributed by atoms with E-state index in [2.05, 4.69) is 5.32 Å². The Morgan fingerprint density at radius 1 is 1.28 bits per heavy atom. The normalized spacial score (nSPS) is 15.0. The van der Waals surface area contributed by atoms with E-state index in [0.29, 0.717) is 11.4 Å². The van der Waals surface area contributed by atoms with Gasteiger partial charge in [-0.1, -0.05) is 11.6 Å². The highest BCUT2D eigenvalue weighted by molar-refractivity contribution is 7.81. The van der Waals surface area contributed by atoms with Crippen LogP contribution in [0.15, 0.2) is 36.4 Å². The second-order valence-electron chi connectivity index (χ2n) is 7.46. The quantitative estimate of drug-likeness (QED) is 0.641. The molecule has 10 heteroatoms. The summed E-state index contributed by atoms with van der Waals surface area (Å²) < 4.78 is 20.4. The number of anilines is 2. The Balaban J connectivity index is 1.88. The zero-order chi connectivity index (χ0) is 23.6. The van der Waals surface area contributed by atoms with E-state index in [1.807, 2.05) is 0 Å². The fourth-order valence-corrected chi connectivity index (χ4v) is 4.03. The number of carbonyl (C=O) groups is 2. The predicted molar refractivity (Wildman–Crippen MR) is 123 cm³/mol. The fraction of sp³-hybridized carbons (Fsp3) is 0.273. The van der Waals surface area contributed by atoms with E-state index >= 15 is 0 Å². The molecular formula is C22H20ClFN4O3S. The van der Waals surface area contributed by atoms with E-state index in [1.54, 1.807) is 56.1 Å². The lowest BCUT2D eigenvalue weighted by molar-refractivity contribution is -0.121. The Morgan fingerprint density at radius 2 is 1.94 bits per heavy atom. The van der Waals surface area contributed by atoms with Crippen molar-refractivity contribution in [3.05, 3.63) is 52.8 Å². The van der Waals surface area contributed by atoms with Gasteiger partial charge in [-0.05, 0) is 62.5 Å². The molecular weight excluding hydrogens is 455 g/mol. The molecule has 0 unspecified atom stereocenters. The van der Waals surface area contributed by atoms with Gasteiger partial charge in [-0.2, -0.15) is 5.26 Å². The van der Waals surface area contributed by atoms with Crippen molar-refractivity contribution in [3.8, 4) is 11.8 Å². The molecule has 2 amide bonds. The number of thiocarbonyl (C=S) groups is 1. The molecule has 0 aliphatic carbocycles. The second kappa shape index (κ2) is 9.10. The first-order valence-corrected chi connectivity index (χ1v) is 10.4. The highest BCUT2D eigenvalue weighted by Gasteiger charge is 2.51. The van der Waals surface area contributed by atoms with Gasteiger partial charge >= 0.3 is 0 Å². The summed E-state index contributed by atoms with van der Waals surface area (Å²) in [4.78, 5) is 27.2. The van der Waals surface area contributed by atoms with Gasteiger partial charge in [0.15, 0.2) is 10.9 Å². The van der Waals surface area contributed by atoms with Crippen LogP contribution < -0.4 is 19.9 Å². The number of ether oxygens (including phenoxy) is 1. The third-order valence-electron chi connectivity index (χ3n) is 5.06. The summed E-state index contributed by atoms with van der Waals surface area (Å²) in [6.45, 7) is 3.58. The molecule has 0 radical (unpaired) electrons. The van der Waals surface area contributed by atoms with Crippen LogP contribution in [-0.2, 0) is 9.59 Å². The average molecular weight is 475 g/mol. The Hall–Kier alpha value is -3.22. The Morgan fingerprint density at radius 3 is 2.53 bits per heavy atom. The molecule has 1 aliphatic rings. The molecule has 0 bridgehead atoms. The van der Waals surface area contributed by atoms with Crippen LogP contribution in [0.25, 0.3) is 0 Å². The van der Waals surface area contributed by atoms with Gasteiger partial charge in [0.25, 0.3) is 5.91 Å². The molecule has 1 N–H and O–H groups in total. The first kappa shape index (κ1) is 23.4. The monoisotopic (exact) mass is 474 g/mol. The summed E-state index contributed by atoms with van der Waals surface area (Å²) >= 11 is 11.5. The number of amides is 2. The van der Waals surface area contributed by atoms with Gasteiger partial charge in [0.05, 0.1) is 29.3 Å². The molecule has 3 rings (SSSR count). The highest BCUT2D eigenvalue weighted by Crippen LogP contribution is 2.39. The fourth-order valence-electron chi connectivity index (χ4n) is 3.32.